The van der Waals surface area contributed by atoms with E-state index in [1.165, 1.54) is 25.7 Å². The number of H-pyrrole nitrogens is 1. The molecule has 0 spiro atoms. The van der Waals surface area contributed by atoms with Gasteiger partial charge < -0.3 is 4.98 Å². The van der Waals surface area contributed by atoms with Crippen molar-refractivity contribution in [1.82, 2.24) is 4.98 Å². The Hall–Kier alpha value is -1.57. The first-order chi connectivity index (χ1) is 9.20. The molecule has 0 saturated heterocycles. The summed E-state index contributed by atoms with van der Waals surface area (Å²) < 4.78 is 0. The zero-order valence-electron chi connectivity index (χ0n) is 12.0. The van der Waals surface area contributed by atoms with Gasteiger partial charge in [-0.2, -0.15) is 0 Å². The molecule has 0 bridgehead atoms. The highest BCUT2D eigenvalue weighted by atomic mass is 16.1. The number of unbranched alkanes of at least 4 members (excludes halogenated alkanes) is 4. The van der Waals surface area contributed by atoms with Gasteiger partial charge in [0.05, 0.1) is 0 Å². The number of aromatic nitrogens is 1. The van der Waals surface area contributed by atoms with E-state index < -0.39 is 0 Å². The third-order valence-electron chi connectivity index (χ3n) is 3.59. The molecule has 0 fully saturated rings. The molecule has 0 radical (unpaired) electrons. The lowest BCUT2D eigenvalue weighted by atomic mass is 10.1. The summed E-state index contributed by atoms with van der Waals surface area (Å²) in [5.41, 5.74) is 3.30. The average Bonchev–Trinajstić information content (AvgIpc) is 2.39. The van der Waals surface area contributed by atoms with Crippen molar-refractivity contribution in [2.24, 2.45) is 0 Å². The second-order valence-corrected chi connectivity index (χ2v) is 5.37. The van der Waals surface area contributed by atoms with Gasteiger partial charge in [0.2, 0.25) is 0 Å². The van der Waals surface area contributed by atoms with Crippen molar-refractivity contribution in [1.29, 1.82) is 0 Å². The second kappa shape index (κ2) is 6.55. The topological polar surface area (TPSA) is 32.9 Å². The molecule has 2 heteroatoms. The molecule has 0 atom stereocenters. The summed E-state index contributed by atoms with van der Waals surface area (Å²) >= 11 is 0. The fourth-order valence-corrected chi connectivity index (χ4v) is 2.47. The molecular weight excluding hydrogens is 234 g/mol. The van der Waals surface area contributed by atoms with E-state index in [9.17, 15) is 4.79 Å². The number of pyridine rings is 1. The zero-order valence-corrected chi connectivity index (χ0v) is 12.0. The summed E-state index contributed by atoms with van der Waals surface area (Å²) in [6.45, 7) is 4.24. The van der Waals surface area contributed by atoms with Gasteiger partial charge in [-0.3, -0.25) is 4.79 Å². The monoisotopic (exact) mass is 257 g/mol. The smallest absolute Gasteiger partial charge is 0.189 e. The number of benzene rings is 1. The summed E-state index contributed by atoms with van der Waals surface area (Å²) in [6, 6.07) is 7.77. The van der Waals surface area contributed by atoms with Crippen LogP contribution >= 0.6 is 0 Å². The molecule has 0 aliphatic heterocycles. The number of aryl methyl sites for hydroxylation is 2. The molecule has 0 aliphatic rings. The molecule has 1 N–H and O–H groups in total. The molecule has 0 unspecified atom stereocenters. The van der Waals surface area contributed by atoms with Gasteiger partial charge in [-0.05, 0) is 31.9 Å². The van der Waals surface area contributed by atoms with Crippen LogP contribution in [0.4, 0.5) is 0 Å². The number of hydrogen-bond donors (Lipinski definition) is 1. The summed E-state index contributed by atoms with van der Waals surface area (Å²) in [6.07, 6.45) is 7.27. The SMILES string of the molecule is CCCCCCCc1cc(=O)c2cc(C)ccc2[nH]1. The van der Waals surface area contributed by atoms with Crippen LogP contribution in [-0.4, -0.2) is 4.98 Å². The van der Waals surface area contributed by atoms with Gasteiger partial charge >= 0.3 is 0 Å². The predicted octanol–water partition coefficient (Wildman–Crippen LogP) is 4.35. The Kier molecular flexibility index (Phi) is 4.78. The first kappa shape index (κ1) is 13.9. The minimum atomic E-state index is 0.140. The van der Waals surface area contributed by atoms with Gasteiger partial charge in [0.25, 0.3) is 0 Å². The maximum Gasteiger partial charge on any atom is 0.189 e. The lowest BCUT2D eigenvalue weighted by Gasteiger charge is -2.05. The van der Waals surface area contributed by atoms with E-state index >= 15 is 0 Å². The Bertz CT molecular complexity index is 598. The maximum absolute atomic E-state index is 12.1. The third kappa shape index (κ3) is 3.69. The van der Waals surface area contributed by atoms with Crippen LogP contribution in [0.5, 0.6) is 0 Å². The lowest BCUT2D eigenvalue weighted by molar-refractivity contribution is 0.628. The van der Waals surface area contributed by atoms with Crippen molar-refractivity contribution in [2.45, 2.75) is 52.4 Å². The van der Waals surface area contributed by atoms with Crippen molar-refractivity contribution < 1.29 is 0 Å². The first-order valence-corrected chi connectivity index (χ1v) is 7.33. The van der Waals surface area contributed by atoms with Crippen LogP contribution in [-0.2, 0) is 6.42 Å². The largest absolute Gasteiger partial charge is 0.358 e. The Balaban J connectivity index is 2.08. The van der Waals surface area contributed by atoms with E-state index in [2.05, 4.69) is 11.9 Å². The lowest BCUT2D eigenvalue weighted by Crippen LogP contribution is -2.05. The number of aromatic amines is 1. The molecule has 2 aromatic rings. The van der Waals surface area contributed by atoms with Gasteiger partial charge in [-0.1, -0.05) is 44.2 Å². The van der Waals surface area contributed by atoms with Crippen LogP contribution in [0.2, 0.25) is 0 Å². The number of nitrogens with one attached hydrogen (secondary N) is 1. The summed E-state index contributed by atoms with van der Waals surface area (Å²) in [7, 11) is 0. The zero-order chi connectivity index (χ0) is 13.7. The van der Waals surface area contributed by atoms with Gasteiger partial charge in [0, 0.05) is 22.7 Å². The minimum absolute atomic E-state index is 0.140. The summed E-state index contributed by atoms with van der Waals surface area (Å²) in [5, 5.41) is 0.801. The van der Waals surface area contributed by atoms with Gasteiger partial charge in [-0.25, -0.2) is 0 Å². The molecule has 1 heterocycles. The van der Waals surface area contributed by atoms with Crippen molar-refractivity contribution in [3.05, 3.63) is 45.7 Å². The van der Waals surface area contributed by atoms with Crippen LogP contribution in [0.1, 0.15) is 50.3 Å². The van der Waals surface area contributed by atoms with Crippen molar-refractivity contribution >= 4 is 10.9 Å². The summed E-state index contributed by atoms with van der Waals surface area (Å²) in [5.74, 6) is 0. The molecule has 2 rings (SSSR count). The predicted molar refractivity (Wildman–Crippen MR) is 81.8 cm³/mol. The van der Waals surface area contributed by atoms with Crippen molar-refractivity contribution in [3.63, 3.8) is 0 Å². The number of fused-ring (bicyclic) bond motifs is 1. The van der Waals surface area contributed by atoms with E-state index in [-0.39, 0.29) is 5.43 Å². The first-order valence-electron chi connectivity index (χ1n) is 7.33. The van der Waals surface area contributed by atoms with Crippen LogP contribution < -0.4 is 5.43 Å². The number of rotatable bonds is 6. The van der Waals surface area contributed by atoms with E-state index in [1.54, 1.807) is 6.07 Å². The molecule has 1 aromatic carbocycles. The van der Waals surface area contributed by atoms with Gasteiger partial charge in [0.1, 0.15) is 0 Å². The maximum atomic E-state index is 12.1. The molecule has 0 amide bonds. The van der Waals surface area contributed by atoms with E-state index in [4.69, 9.17) is 0 Å². The fourth-order valence-electron chi connectivity index (χ4n) is 2.47. The highest BCUT2D eigenvalue weighted by Gasteiger charge is 2.02. The van der Waals surface area contributed by atoms with Crippen molar-refractivity contribution in [3.8, 4) is 0 Å². The highest BCUT2D eigenvalue weighted by Crippen LogP contribution is 2.12. The standard InChI is InChI=1S/C17H23NO/c1-3-4-5-6-7-8-14-12-17(19)15-11-13(2)9-10-16(15)18-14/h9-12H,3-8H2,1-2H3,(H,18,19). The van der Waals surface area contributed by atoms with E-state index in [1.807, 2.05) is 25.1 Å². The molecule has 19 heavy (non-hydrogen) atoms. The Morgan fingerprint density at radius 2 is 1.84 bits per heavy atom. The Morgan fingerprint density at radius 1 is 1.05 bits per heavy atom. The number of hydrogen-bond acceptors (Lipinski definition) is 1. The molecule has 0 aliphatic carbocycles. The third-order valence-corrected chi connectivity index (χ3v) is 3.59. The van der Waals surface area contributed by atoms with Gasteiger partial charge in [0.15, 0.2) is 5.43 Å². The highest BCUT2D eigenvalue weighted by molar-refractivity contribution is 5.79. The van der Waals surface area contributed by atoms with Crippen LogP contribution in [0, 0.1) is 6.92 Å². The quantitative estimate of drug-likeness (QED) is 0.767. The fraction of sp³-hybridized carbons (Fsp3) is 0.471. The van der Waals surface area contributed by atoms with E-state index in [0.717, 1.165) is 35.0 Å². The summed E-state index contributed by atoms with van der Waals surface area (Å²) in [4.78, 5) is 15.5. The molecule has 2 nitrogen and oxygen atoms in total. The molecule has 1 aromatic heterocycles. The minimum Gasteiger partial charge on any atom is -0.358 e. The van der Waals surface area contributed by atoms with Crippen LogP contribution in [0.25, 0.3) is 10.9 Å². The van der Waals surface area contributed by atoms with E-state index in [0.29, 0.717) is 0 Å². The average molecular weight is 257 g/mol. The molecular formula is C17H23NO. The second-order valence-electron chi connectivity index (χ2n) is 5.37. The molecule has 102 valence electrons. The Morgan fingerprint density at radius 3 is 2.63 bits per heavy atom. The Labute approximate surface area is 114 Å². The normalized spacial score (nSPS) is 11.1. The van der Waals surface area contributed by atoms with Crippen LogP contribution in [0.15, 0.2) is 29.1 Å². The molecule has 0 saturated carbocycles. The van der Waals surface area contributed by atoms with Crippen molar-refractivity contribution in [2.75, 3.05) is 0 Å². The van der Waals surface area contributed by atoms with Gasteiger partial charge in [-0.15, -0.1) is 0 Å². The van der Waals surface area contributed by atoms with Crippen LogP contribution in [0.3, 0.4) is 0 Å².